The first-order chi connectivity index (χ1) is 10.0. The van der Waals surface area contributed by atoms with Gasteiger partial charge in [0.15, 0.2) is 0 Å². The molecule has 3 aromatic rings. The SMILES string of the molecule is FC(F)(F)c1cccc(-c2noc(-c3cccnc3)n2)c1. The minimum atomic E-state index is -4.41. The molecule has 0 amide bonds. The minimum Gasteiger partial charge on any atom is -0.334 e. The number of alkyl halides is 3. The number of pyridine rings is 1. The van der Waals surface area contributed by atoms with E-state index < -0.39 is 11.7 Å². The molecule has 0 saturated carbocycles. The third kappa shape index (κ3) is 2.76. The predicted octanol–water partition coefficient (Wildman–Crippen LogP) is 3.82. The second-order valence-electron chi connectivity index (χ2n) is 4.24. The van der Waals surface area contributed by atoms with Gasteiger partial charge in [-0.25, -0.2) is 0 Å². The second kappa shape index (κ2) is 5.01. The lowest BCUT2D eigenvalue weighted by Gasteiger charge is -2.06. The van der Waals surface area contributed by atoms with Gasteiger partial charge in [0.05, 0.1) is 11.1 Å². The molecular formula is C14H8F3N3O. The highest BCUT2D eigenvalue weighted by Gasteiger charge is 2.30. The van der Waals surface area contributed by atoms with E-state index in [1.807, 2.05) is 0 Å². The van der Waals surface area contributed by atoms with Crippen LogP contribution >= 0.6 is 0 Å². The summed E-state index contributed by atoms with van der Waals surface area (Å²) in [7, 11) is 0. The van der Waals surface area contributed by atoms with E-state index in [0.29, 0.717) is 5.56 Å². The van der Waals surface area contributed by atoms with Crippen LogP contribution in [0.1, 0.15) is 5.56 Å². The van der Waals surface area contributed by atoms with Crippen molar-refractivity contribution >= 4 is 0 Å². The molecule has 0 bridgehead atoms. The maximum absolute atomic E-state index is 12.7. The van der Waals surface area contributed by atoms with E-state index in [2.05, 4.69) is 15.1 Å². The molecule has 0 N–H and O–H groups in total. The molecule has 2 heterocycles. The Morgan fingerprint density at radius 3 is 2.52 bits per heavy atom. The van der Waals surface area contributed by atoms with Crippen molar-refractivity contribution in [1.82, 2.24) is 15.1 Å². The zero-order chi connectivity index (χ0) is 14.9. The first kappa shape index (κ1) is 13.3. The monoisotopic (exact) mass is 291 g/mol. The standard InChI is InChI=1S/C14H8F3N3O/c15-14(16,17)11-5-1-3-9(7-11)12-19-13(21-20-12)10-4-2-6-18-8-10/h1-8H. The largest absolute Gasteiger partial charge is 0.416 e. The Hall–Kier alpha value is -2.70. The molecule has 0 fully saturated rings. The first-order valence-electron chi connectivity index (χ1n) is 5.96. The van der Waals surface area contributed by atoms with Crippen LogP contribution in [-0.2, 0) is 6.18 Å². The summed E-state index contributed by atoms with van der Waals surface area (Å²) in [6, 6.07) is 8.19. The molecule has 21 heavy (non-hydrogen) atoms. The number of nitrogens with zero attached hydrogens (tertiary/aromatic N) is 3. The fourth-order valence-electron chi connectivity index (χ4n) is 1.78. The number of rotatable bonds is 2. The number of aromatic nitrogens is 3. The van der Waals surface area contributed by atoms with Gasteiger partial charge in [0.25, 0.3) is 5.89 Å². The molecular weight excluding hydrogens is 283 g/mol. The van der Waals surface area contributed by atoms with Crippen LogP contribution in [0.5, 0.6) is 0 Å². The van der Waals surface area contributed by atoms with Crippen LogP contribution in [0.4, 0.5) is 13.2 Å². The fraction of sp³-hybridized carbons (Fsp3) is 0.0714. The van der Waals surface area contributed by atoms with Gasteiger partial charge in [0, 0.05) is 18.0 Å². The molecule has 0 atom stereocenters. The van der Waals surface area contributed by atoms with Crippen LogP contribution in [0.2, 0.25) is 0 Å². The van der Waals surface area contributed by atoms with E-state index in [-0.39, 0.29) is 17.3 Å². The summed E-state index contributed by atoms with van der Waals surface area (Å²) in [6.45, 7) is 0. The Labute approximate surface area is 117 Å². The van der Waals surface area contributed by atoms with Crippen molar-refractivity contribution in [2.45, 2.75) is 6.18 Å². The van der Waals surface area contributed by atoms with Gasteiger partial charge in [0.1, 0.15) is 0 Å². The number of hydrogen-bond acceptors (Lipinski definition) is 4. The van der Waals surface area contributed by atoms with E-state index >= 15 is 0 Å². The maximum Gasteiger partial charge on any atom is 0.416 e. The Bertz CT molecular complexity index is 753. The van der Waals surface area contributed by atoms with Crippen LogP contribution < -0.4 is 0 Å². The molecule has 3 rings (SSSR count). The molecule has 0 aliphatic heterocycles. The molecule has 0 saturated heterocycles. The fourth-order valence-corrected chi connectivity index (χ4v) is 1.78. The highest BCUT2D eigenvalue weighted by atomic mass is 19.4. The average Bonchev–Trinajstić information content (AvgIpc) is 2.97. The van der Waals surface area contributed by atoms with Gasteiger partial charge in [0.2, 0.25) is 5.82 Å². The zero-order valence-corrected chi connectivity index (χ0v) is 10.5. The van der Waals surface area contributed by atoms with Gasteiger partial charge in [-0.1, -0.05) is 17.3 Å². The predicted molar refractivity (Wildman–Crippen MR) is 68.0 cm³/mol. The molecule has 7 heteroatoms. The first-order valence-corrected chi connectivity index (χ1v) is 5.96. The van der Waals surface area contributed by atoms with Crippen molar-refractivity contribution in [3.05, 3.63) is 54.4 Å². The Kier molecular flexibility index (Phi) is 3.17. The average molecular weight is 291 g/mol. The lowest BCUT2D eigenvalue weighted by molar-refractivity contribution is -0.137. The number of hydrogen-bond donors (Lipinski definition) is 0. The van der Waals surface area contributed by atoms with Crippen molar-refractivity contribution in [3.63, 3.8) is 0 Å². The van der Waals surface area contributed by atoms with E-state index in [4.69, 9.17) is 4.52 Å². The van der Waals surface area contributed by atoms with Crippen molar-refractivity contribution in [2.75, 3.05) is 0 Å². The summed E-state index contributed by atoms with van der Waals surface area (Å²) in [5.74, 6) is 0.301. The lowest BCUT2D eigenvalue weighted by Crippen LogP contribution is -2.04. The molecule has 0 aliphatic carbocycles. The molecule has 0 unspecified atom stereocenters. The highest BCUT2D eigenvalue weighted by molar-refractivity contribution is 5.59. The summed E-state index contributed by atoms with van der Waals surface area (Å²) in [5.41, 5.74) is 0.0830. The molecule has 0 spiro atoms. The molecule has 0 aliphatic rings. The zero-order valence-electron chi connectivity index (χ0n) is 10.5. The Balaban J connectivity index is 1.97. The topological polar surface area (TPSA) is 51.8 Å². The van der Waals surface area contributed by atoms with Gasteiger partial charge >= 0.3 is 6.18 Å². The summed E-state index contributed by atoms with van der Waals surface area (Å²) in [6.07, 6.45) is -1.29. The molecule has 2 aromatic heterocycles. The highest BCUT2D eigenvalue weighted by Crippen LogP contribution is 2.31. The van der Waals surface area contributed by atoms with Crippen molar-refractivity contribution in [1.29, 1.82) is 0 Å². The van der Waals surface area contributed by atoms with Crippen molar-refractivity contribution < 1.29 is 17.7 Å². The third-order valence-electron chi connectivity index (χ3n) is 2.78. The summed E-state index contributed by atoms with van der Waals surface area (Å²) in [5, 5.41) is 3.70. The molecule has 0 radical (unpaired) electrons. The summed E-state index contributed by atoms with van der Waals surface area (Å²) < 4.78 is 43.1. The molecule has 4 nitrogen and oxygen atoms in total. The molecule has 106 valence electrons. The van der Waals surface area contributed by atoms with Crippen LogP contribution in [0, 0.1) is 0 Å². The van der Waals surface area contributed by atoms with E-state index in [0.717, 1.165) is 12.1 Å². The Morgan fingerprint density at radius 2 is 1.81 bits per heavy atom. The van der Waals surface area contributed by atoms with Crippen LogP contribution in [0.25, 0.3) is 22.8 Å². The number of halogens is 3. The van der Waals surface area contributed by atoms with Crippen LogP contribution in [0.3, 0.4) is 0 Å². The van der Waals surface area contributed by atoms with E-state index in [1.165, 1.54) is 18.3 Å². The van der Waals surface area contributed by atoms with Gasteiger partial charge in [-0.05, 0) is 24.3 Å². The summed E-state index contributed by atoms with van der Waals surface area (Å²) >= 11 is 0. The molecule has 1 aromatic carbocycles. The smallest absolute Gasteiger partial charge is 0.334 e. The summed E-state index contributed by atoms with van der Waals surface area (Å²) in [4.78, 5) is 8.00. The van der Waals surface area contributed by atoms with Crippen molar-refractivity contribution in [2.24, 2.45) is 0 Å². The third-order valence-corrected chi connectivity index (χ3v) is 2.78. The minimum absolute atomic E-state index is 0.0972. The quantitative estimate of drug-likeness (QED) is 0.720. The maximum atomic E-state index is 12.7. The van der Waals surface area contributed by atoms with Gasteiger partial charge in [-0.2, -0.15) is 18.2 Å². The Morgan fingerprint density at radius 1 is 1.00 bits per heavy atom. The van der Waals surface area contributed by atoms with Crippen LogP contribution in [-0.4, -0.2) is 15.1 Å². The van der Waals surface area contributed by atoms with Gasteiger partial charge < -0.3 is 4.52 Å². The normalized spacial score (nSPS) is 11.6. The van der Waals surface area contributed by atoms with E-state index in [1.54, 1.807) is 18.3 Å². The second-order valence-corrected chi connectivity index (χ2v) is 4.24. The van der Waals surface area contributed by atoms with Gasteiger partial charge in [-0.15, -0.1) is 0 Å². The number of benzene rings is 1. The van der Waals surface area contributed by atoms with Crippen molar-refractivity contribution in [3.8, 4) is 22.8 Å². The van der Waals surface area contributed by atoms with Gasteiger partial charge in [-0.3, -0.25) is 4.98 Å². The lowest BCUT2D eigenvalue weighted by atomic mass is 10.1. The van der Waals surface area contributed by atoms with E-state index in [9.17, 15) is 13.2 Å². The van der Waals surface area contributed by atoms with Crippen LogP contribution in [0.15, 0.2) is 53.3 Å².